The van der Waals surface area contributed by atoms with E-state index in [-0.39, 0.29) is 18.3 Å². The van der Waals surface area contributed by atoms with Gasteiger partial charge in [-0.2, -0.15) is 0 Å². The van der Waals surface area contributed by atoms with E-state index >= 15 is 0 Å². The van der Waals surface area contributed by atoms with Crippen molar-refractivity contribution >= 4 is 29.0 Å². The zero-order valence-corrected chi connectivity index (χ0v) is 11.0. The van der Waals surface area contributed by atoms with E-state index in [1.54, 1.807) is 24.3 Å². The molecule has 0 aliphatic carbocycles. The summed E-state index contributed by atoms with van der Waals surface area (Å²) in [5, 5.41) is 17.5. The number of para-hydroxylation sites is 2. The predicted molar refractivity (Wildman–Crippen MR) is 73.2 cm³/mol. The minimum Gasteiger partial charge on any atom is -0.483 e. The topological polar surface area (TPSA) is 123 Å². The number of rotatable bonds is 5. The normalized spacial score (nSPS) is 11.1. The Labute approximate surface area is 118 Å². The summed E-state index contributed by atoms with van der Waals surface area (Å²) in [4.78, 5) is 12.3. The summed E-state index contributed by atoms with van der Waals surface area (Å²) in [6, 6.07) is 6.82. The van der Waals surface area contributed by atoms with Crippen molar-refractivity contribution < 1.29 is 14.7 Å². The van der Waals surface area contributed by atoms with Crippen LogP contribution in [0.25, 0.3) is 0 Å². The van der Waals surface area contributed by atoms with Gasteiger partial charge in [0.05, 0.1) is 11.9 Å². The standard InChI is InChI=1S/C11H11N5O3S/c12-10(15-18)6-19-8-4-2-1-3-7(8)14-11(17)9-5-13-16-20-9/h1-5,18H,6H2,(H2,12,15)(H,14,17). The van der Waals surface area contributed by atoms with Crippen molar-refractivity contribution in [1.29, 1.82) is 0 Å². The lowest BCUT2D eigenvalue weighted by Crippen LogP contribution is -2.21. The average molecular weight is 293 g/mol. The number of nitrogens with two attached hydrogens (primary N) is 1. The van der Waals surface area contributed by atoms with Crippen LogP contribution in [0.1, 0.15) is 9.67 Å². The molecule has 0 unspecified atom stereocenters. The molecule has 0 aliphatic rings. The molecular weight excluding hydrogens is 282 g/mol. The average Bonchev–Trinajstić information content (AvgIpc) is 3.00. The van der Waals surface area contributed by atoms with Crippen molar-refractivity contribution in [3.05, 3.63) is 35.3 Å². The molecule has 1 amide bonds. The number of nitrogens with one attached hydrogen (secondary N) is 1. The molecule has 0 saturated carbocycles. The molecule has 9 heteroatoms. The maximum Gasteiger partial charge on any atom is 0.269 e. The molecular formula is C11H11N5O3S. The van der Waals surface area contributed by atoms with E-state index in [1.165, 1.54) is 6.20 Å². The zero-order valence-electron chi connectivity index (χ0n) is 10.2. The number of carbonyl (C=O) groups is 1. The van der Waals surface area contributed by atoms with Crippen LogP contribution in [0.2, 0.25) is 0 Å². The number of oxime groups is 1. The predicted octanol–water partition coefficient (Wildman–Crippen LogP) is 0.916. The Hall–Kier alpha value is -2.68. The van der Waals surface area contributed by atoms with Gasteiger partial charge in [0.15, 0.2) is 5.84 Å². The molecule has 8 nitrogen and oxygen atoms in total. The van der Waals surface area contributed by atoms with E-state index in [1.807, 2.05) is 0 Å². The maximum atomic E-state index is 11.9. The van der Waals surface area contributed by atoms with E-state index in [0.29, 0.717) is 16.3 Å². The summed E-state index contributed by atoms with van der Waals surface area (Å²) < 4.78 is 8.97. The number of hydrogen-bond donors (Lipinski definition) is 3. The van der Waals surface area contributed by atoms with Crippen LogP contribution in [0.3, 0.4) is 0 Å². The minimum absolute atomic E-state index is 0.0715. The summed E-state index contributed by atoms with van der Waals surface area (Å²) in [6.07, 6.45) is 1.37. The third kappa shape index (κ3) is 3.42. The smallest absolute Gasteiger partial charge is 0.269 e. The zero-order chi connectivity index (χ0) is 14.4. The highest BCUT2D eigenvalue weighted by molar-refractivity contribution is 7.07. The number of amidine groups is 1. The first-order chi connectivity index (χ1) is 9.70. The second-order valence-electron chi connectivity index (χ2n) is 3.61. The van der Waals surface area contributed by atoms with Crippen LogP contribution in [-0.4, -0.2) is 33.1 Å². The third-order valence-electron chi connectivity index (χ3n) is 2.22. The summed E-state index contributed by atoms with van der Waals surface area (Å²) in [5.74, 6) is 0.00237. The number of hydrogen-bond acceptors (Lipinski definition) is 7. The van der Waals surface area contributed by atoms with Gasteiger partial charge in [0.1, 0.15) is 17.2 Å². The molecule has 104 valence electrons. The van der Waals surface area contributed by atoms with Crippen molar-refractivity contribution in [3.63, 3.8) is 0 Å². The van der Waals surface area contributed by atoms with Gasteiger partial charge in [0, 0.05) is 0 Å². The van der Waals surface area contributed by atoms with Crippen LogP contribution in [0.5, 0.6) is 5.75 Å². The number of benzene rings is 1. The highest BCUT2D eigenvalue weighted by Crippen LogP contribution is 2.24. The van der Waals surface area contributed by atoms with Crippen LogP contribution in [0, 0.1) is 0 Å². The Morgan fingerprint density at radius 3 is 3.00 bits per heavy atom. The number of ether oxygens (including phenoxy) is 1. The second kappa shape index (κ2) is 6.48. The number of nitrogens with zero attached hydrogens (tertiary/aromatic N) is 3. The first-order valence-electron chi connectivity index (χ1n) is 5.47. The largest absolute Gasteiger partial charge is 0.483 e. The van der Waals surface area contributed by atoms with Crippen LogP contribution in [0.15, 0.2) is 35.6 Å². The Bertz CT molecular complexity index is 614. The van der Waals surface area contributed by atoms with Crippen LogP contribution in [0.4, 0.5) is 5.69 Å². The summed E-state index contributed by atoms with van der Waals surface area (Å²) in [7, 11) is 0. The molecule has 1 heterocycles. The van der Waals surface area contributed by atoms with Gasteiger partial charge in [0.2, 0.25) is 0 Å². The van der Waals surface area contributed by atoms with Crippen LogP contribution in [-0.2, 0) is 0 Å². The Morgan fingerprint density at radius 2 is 2.30 bits per heavy atom. The fourth-order valence-electron chi connectivity index (χ4n) is 1.33. The van der Waals surface area contributed by atoms with Crippen molar-refractivity contribution in [2.75, 3.05) is 11.9 Å². The van der Waals surface area contributed by atoms with Crippen molar-refractivity contribution in [2.24, 2.45) is 10.9 Å². The van der Waals surface area contributed by atoms with Crippen molar-refractivity contribution in [3.8, 4) is 5.75 Å². The number of amides is 1. The fraction of sp³-hybridized carbons (Fsp3) is 0.0909. The van der Waals surface area contributed by atoms with Gasteiger partial charge in [-0.15, -0.1) is 5.10 Å². The summed E-state index contributed by atoms with van der Waals surface area (Å²) >= 11 is 0.992. The molecule has 1 aromatic heterocycles. The lowest BCUT2D eigenvalue weighted by atomic mass is 10.3. The Morgan fingerprint density at radius 1 is 1.50 bits per heavy atom. The molecule has 0 atom stereocenters. The highest BCUT2D eigenvalue weighted by atomic mass is 32.1. The van der Waals surface area contributed by atoms with Gasteiger partial charge in [-0.05, 0) is 23.7 Å². The van der Waals surface area contributed by atoms with Gasteiger partial charge in [0.25, 0.3) is 5.91 Å². The fourth-order valence-corrected chi connectivity index (χ4v) is 1.74. The van der Waals surface area contributed by atoms with Gasteiger partial charge in [-0.1, -0.05) is 21.8 Å². The quantitative estimate of drug-likeness (QED) is 0.326. The number of anilines is 1. The van der Waals surface area contributed by atoms with E-state index in [0.717, 1.165) is 11.5 Å². The van der Waals surface area contributed by atoms with Crippen molar-refractivity contribution in [1.82, 2.24) is 9.59 Å². The van der Waals surface area contributed by atoms with Gasteiger partial charge >= 0.3 is 0 Å². The lowest BCUT2D eigenvalue weighted by Gasteiger charge is -2.11. The van der Waals surface area contributed by atoms with Crippen molar-refractivity contribution in [2.45, 2.75) is 0 Å². The Balaban J connectivity index is 2.09. The SMILES string of the molecule is NC(COc1ccccc1NC(=O)c1cnns1)=NO. The molecule has 1 aromatic carbocycles. The second-order valence-corrected chi connectivity index (χ2v) is 4.40. The van der Waals surface area contributed by atoms with Gasteiger partial charge in [-0.25, -0.2) is 0 Å². The maximum absolute atomic E-state index is 11.9. The first kappa shape index (κ1) is 13.7. The molecule has 0 spiro atoms. The van der Waals surface area contributed by atoms with E-state index in [2.05, 4.69) is 20.1 Å². The number of carbonyl (C=O) groups excluding carboxylic acids is 1. The molecule has 0 bridgehead atoms. The molecule has 0 fully saturated rings. The summed E-state index contributed by atoms with van der Waals surface area (Å²) in [5.41, 5.74) is 5.79. The molecule has 4 N–H and O–H groups in total. The lowest BCUT2D eigenvalue weighted by molar-refractivity contribution is 0.103. The van der Waals surface area contributed by atoms with E-state index < -0.39 is 0 Å². The Kier molecular flexibility index (Phi) is 4.45. The molecule has 0 radical (unpaired) electrons. The molecule has 20 heavy (non-hydrogen) atoms. The third-order valence-corrected chi connectivity index (χ3v) is 2.89. The van der Waals surface area contributed by atoms with E-state index in [9.17, 15) is 4.79 Å². The molecule has 2 rings (SSSR count). The highest BCUT2D eigenvalue weighted by Gasteiger charge is 2.12. The molecule has 2 aromatic rings. The number of aromatic nitrogens is 2. The van der Waals surface area contributed by atoms with E-state index in [4.69, 9.17) is 15.7 Å². The van der Waals surface area contributed by atoms with Crippen LogP contribution < -0.4 is 15.8 Å². The molecule has 0 aliphatic heterocycles. The monoisotopic (exact) mass is 293 g/mol. The molecule has 0 saturated heterocycles. The van der Waals surface area contributed by atoms with Crippen LogP contribution >= 0.6 is 11.5 Å². The van der Waals surface area contributed by atoms with Gasteiger partial charge < -0.3 is 21.0 Å². The minimum atomic E-state index is -0.333. The summed E-state index contributed by atoms with van der Waals surface area (Å²) in [6.45, 7) is -0.0918. The van der Waals surface area contributed by atoms with Gasteiger partial charge in [-0.3, -0.25) is 4.79 Å². The first-order valence-corrected chi connectivity index (χ1v) is 6.25.